The highest BCUT2D eigenvalue weighted by atomic mass is 32.2. The van der Waals surface area contributed by atoms with E-state index in [9.17, 15) is 8.42 Å². The predicted molar refractivity (Wildman–Crippen MR) is 91.0 cm³/mol. The molecule has 0 N–H and O–H groups in total. The zero-order valence-corrected chi connectivity index (χ0v) is 14.4. The zero-order chi connectivity index (χ0) is 16.0. The van der Waals surface area contributed by atoms with Gasteiger partial charge in [-0.1, -0.05) is 19.1 Å². The third-order valence-electron chi connectivity index (χ3n) is 4.20. The molecule has 0 bridgehead atoms. The molecule has 2 aromatic heterocycles. The van der Waals surface area contributed by atoms with E-state index >= 15 is 0 Å². The number of rotatable bonds is 3. The van der Waals surface area contributed by atoms with Gasteiger partial charge in [-0.25, -0.2) is 13.4 Å². The van der Waals surface area contributed by atoms with Crippen LogP contribution in [0.5, 0.6) is 0 Å². The summed E-state index contributed by atoms with van der Waals surface area (Å²) in [4.78, 5) is 5.68. The van der Waals surface area contributed by atoms with Crippen LogP contribution >= 0.6 is 11.3 Å². The van der Waals surface area contributed by atoms with Crippen molar-refractivity contribution in [3.8, 4) is 0 Å². The van der Waals surface area contributed by atoms with E-state index in [2.05, 4.69) is 9.55 Å². The maximum atomic E-state index is 12.8. The molecule has 4 rings (SSSR count). The second kappa shape index (κ2) is 5.43. The van der Waals surface area contributed by atoms with Crippen LogP contribution in [-0.4, -0.2) is 28.8 Å². The highest BCUT2D eigenvalue weighted by Gasteiger charge is 2.31. The molecular weight excluding hydrogens is 330 g/mol. The number of hydrogen-bond acceptors (Lipinski definition) is 4. The molecule has 0 radical (unpaired) electrons. The van der Waals surface area contributed by atoms with Gasteiger partial charge in [0.05, 0.1) is 17.6 Å². The van der Waals surface area contributed by atoms with Crippen LogP contribution in [0.15, 0.2) is 40.6 Å². The van der Waals surface area contributed by atoms with E-state index in [1.807, 2.05) is 37.3 Å². The molecule has 1 aliphatic heterocycles. The lowest BCUT2D eigenvalue weighted by molar-refractivity contribution is 0.340. The first-order valence-corrected chi connectivity index (χ1v) is 9.88. The van der Waals surface area contributed by atoms with Crippen molar-refractivity contribution in [3.05, 3.63) is 47.1 Å². The fraction of sp³-hybridized carbons (Fsp3) is 0.312. The van der Waals surface area contributed by atoms with Crippen LogP contribution in [0.3, 0.4) is 0 Å². The molecule has 0 amide bonds. The van der Waals surface area contributed by atoms with Gasteiger partial charge in [-0.05, 0) is 30.7 Å². The third kappa shape index (κ3) is 2.39. The molecule has 0 aliphatic carbocycles. The molecule has 3 aromatic rings. The Balaban J connectivity index is 1.69. The second-order valence-corrected chi connectivity index (χ2v) is 8.91. The Morgan fingerprint density at radius 1 is 1.17 bits per heavy atom. The number of nitrogens with zero attached hydrogens (tertiary/aromatic N) is 3. The Bertz CT molecular complexity index is 972. The lowest BCUT2D eigenvalue weighted by Gasteiger charge is -2.26. The smallest absolute Gasteiger partial charge is 0.253 e. The van der Waals surface area contributed by atoms with Crippen molar-refractivity contribution in [2.75, 3.05) is 6.54 Å². The molecule has 0 unspecified atom stereocenters. The maximum absolute atomic E-state index is 12.8. The van der Waals surface area contributed by atoms with Gasteiger partial charge in [0.1, 0.15) is 10.0 Å². The fourth-order valence-electron chi connectivity index (χ4n) is 2.96. The first kappa shape index (κ1) is 14.9. The van der Waals surface area contributed by atoms with Crippen LogP contribution in [0.4, 0.5) is 0 Å². The number of hydrogen-bond donors (Lipinski definition) is 0. The van der Waals surface area contributed by atoms with Crippen molar-refractivity contribution in [1.29, 1.82) is 0 Å². The Labute approximate surface area is 139 Å². The summed E-state index contributed by atoms with van der Waals surface area (Å²) in [6.07, 6.45) is 0.857. The Morgan fingerprint density at radius 2 is 2.00 bits per heavy atom. The van der Waals surface area contributed by atoms with Crippen molar-refractivity contribution < 1.29 is 8.42 Å². The number of fused-ring (bicyclic) bond motifs is 3. The minimum absolute atomic E-state index is 0.330. The molecular formula is C16H17N3O2S2. The van der Waals surface area contributed by atoms with Crippen molar-refractivity contribution in [3.63, 3.8) is 0 Å². The van der Waals surface area contributed by atoms with E-state index in [4.69, 9.17) is 0 Å². The van der Waals surface area contributed by atoms with Crippen molar-refractivity contribution in [1.82, 2.24) is 13.9 Å². The number of sulfonamides is 1. The van der Waals surface area contributed by atoms with E-state index in [0.717, 1.165) is 28.2 Å². The lowest BCUT2D eigenvalue weighted by Crippen LogP contribution is -2.38. The highest BCUT2D eigenvalue weighted by molar-refractivity contribution is 7.91. The summed E-state index contributed by atoms with van der Waals surface area (Å²) in [7, 11) is -3.43. The summed E-state index contributed by atoms with van der Waals surface area (Å²) >= 11 is 1.36. The summed E-state index contributed by atoms with van der Waals surface area (Å²) in [5.41, 5.74) is 2.00. The van der Waals surface area contributed by atoms with Gasteiger partial charge in [0.2, 0.25) is 0 Å². The van der Waals surface area contributed by atoms with Gasteiger partial charge in [-0.3, -0.25) is 0 Å². The number of benzene rings is 1. The molecule has 23 heavy (non-hydrogen) atoms. The van der Waals surface area contributed by atoms with E-state index in [1.54, 1.807) is 10.4 Å². The summed E-state index contributed by atoms with van der Waals surface area (Å²) in [6, 6.07) is 11.5. The van der Waals surface area contributed by atoms with E-state index < -0.39 is 10.0 Å². The fourth-order valence-corrected chi connectivity index (χ4v) is 5.80. The van der Waals surface area contributed by atoms with Crippen LogP contribution in [0.25, 0.3) is 11.0 Å². The Hall–Kier alpha value is -1.70. The average molecular weight is 347 g/mol. The monoisotopic (exact) mass is 347 g/mol. The van der Waals surface area contributed by atoms with Crippen molar-refractivity contribution in [2.24, 2.45) is 0 Å². The minimum Gasteiger partial charge on any atom is -0.326 e. The summed E-state index contributed by atoms with van der Waals surface area (Å²) in [6.45, 7) is 3.48. The van der Waals surface area contributed by atoms with Crippen molar-refractivity contribution >= 4 is 32.4 Å². The number of aryl methyl sites for hydroxylation is 1. The molecule has 0 saturated carbocycles. The zero-order valence-electron chi connectivity index (χ0n) is 12.8. The minimum atomic E-state index is -3.43. The van der Waals surface area contributed by atoms with Crippen LogP contribution in [0, 0.1) is 0 Å². The molecule has 5 nitrogen and oxygen atoms in total. The summed E-state index contributed by atoms with van der Waals surface area (Å²) in [5.74, 6) is 0.813. The van der Waals surface area contributed by atoms with Crippen molar-refractivity contribution in [2.45, 2.75) is 30.6 Å². The first-order valence-electron chi connectivity index (χ1n) is 7.62. The van der Waals surface area contributed by atoms with Gasteiger partial charge < -0.3 is 4.57 Å². The number of para-hydroxylation sites is 2. The highest BCUT2D eigenvalue weighted by Crippen LogP contribution is 2.29. The summed E-state index contributed by atoms with van der Waals surface area (Å²) < 4.78 is 29.8. The standard InChI is InChI=1S/C16H17N3O2S2/c1-2-12-7-8-16(22-12)23(20,21)18-9-10-19-14-6-4-3-5-13(14)17-15(19)11-18/h3-8H,2,9-11H2,1H3. The van der Waals surface area contributed by atoms with Gasteiger partial charge in [0.15, 0.2) is 0 Å². The van der Waals surface area contributed by atoms with E-state index in [0.29, 0.717) is 23.8 Å². The van der Waals surface area contributed by atoms with E-state index in [-0.39, 0.29) is 0 Å². The van der Waals surface area contributed by atoms with Gasteiger partial charge in [-0.2, -0.15) is 4.31 Å². The number of imidazole rings is 1. The van der Waals surface area contributed by atoms with Gasteiger partial charge in [0, 0.05) is 18.0 Å². The molecule has 0 atom stereocenters. The SMILES string of the molecule is CCc1ccc(S(=O)(=O)N2CCn3c(nc4ccccc43)C2)s1. The third-order valence-corrected chi connectivity index (χ3v) is 7.75. The second-order valence-electron chi connectivity index (χ2n) is 5.58. The summed E-state index contributed by atoms with van der Waals surface area (Å²) in [5, 5.41) is 0. The molecule has 1 aromatic carbocycles. The molecule has 120 valence electrons. The van der Waals surface area contributed by atoms with Gasteiger partial charge >= 0.3 is 0 Å². The molecule has 0 fully saturated rings. The normalized spacial score (nSPS) is 15.9. The van der Waals surface area contributed by atoms with Crippen LogP contribution in [-0.2, 0) is 29.5 Å². The molecule has 0 saturated heterocycles. The average Bonchev–Trinajstić information content (AvgIpc) is 3.19. The lowest BCUT2D eigenvalue weighted by atomic mass is 10.3. The molecule has 7 heteroatoms. The topological polar surface area (TPSA) is 55.2 Å². The van der Waals surface area contributed by atoms with Gasteiger partial charge in [0.25, 0.3) is 10.0 Å². The predicted octanol–water partition coefficient (Wildman–Crippen LogP) is 2.86. The maximum Gasteiger partial charge on any atom is 0.253 e. The van der Waals surface area contributed by atoms with Crippen LogP contribution < -0.4 is 0 Å². The Kier molecular flexibility index (Phi) is 3.51. The molecule has 0 spiro atoms. The van der Waals surface area contributed by atoms with E-state index in [1.165, 1.54) is 11.3 Å². The van der Waals surface area contributed by atoms with Crippen LogP contribution in [0.2, 0.25) is 0 Å². The first-order chi connectivity index (χ1) is 11.1. The molecule has 3 heterocycles. The number of thiophene rings is 1. The van der Waals surface area contributed by atoms with Gasteiger partial charge in [-0.15, -0.1) is 11.3 Å². The number of aromatic nitrogens is 2. The quantitative estimate of drug-likeness (QED) is 0.732. The molecule has 1 aliphatic rings. The Morgan fingerprint density at radius 3 is 2.78 bits per heavy atom. The largest absolute Gasteiger partial charge is 0.326 e. The van der Waals surface area contributed by atoms with Crippen LogP contribution in [0.1, 0.15) is 17.6 Å².